The number of carbonyl (C=O) groups is 1. The van der Waals surface area contributed by atoms with Gasteiger partial charge in [-0.05, 0) is 30.2 Å². The maximum Gasteiger partial charge on any atom is 0.352 e. The molecule has 0 unspecified atom stereocenters. The molecule has 1 aromatic heterocycles. The van der Waals surface area contributed by atoms with E-state index in [0.29, 0.717) is 10.7 Å². The van der Waals surface area contributed by atoms with Crippen molar-refractivity contribution in [1.29, 1.82) is 0 Å². The fourth-order valence-corrected chi connectivity index (χ4v) is 2.97. The van der Waals surface area contributed by atoms with Gasteiger partial charge in [0.2, 0.25) is 5.69 Å². The van der Waals surface area contributed by atoms with Crippen LogP contribution in [-0.2, 0) is 11.3 Å². The van der Waals surface area contributed by atoms with Crippen LogP contribution < -0.4 is 16.6 Å². The van der Waals surface area contributed by atoms with Gasteiger partial charge in [-0.3, -0.25) is 14.2 Å². The molecule has 30 heavy (non-hydrogen) atoms. The van der Waals surface area contributed by atoms with Crippen LogP contribution in [0.5, 0.6) is 0 Å². The average Bonchev–Trinajstić information content (AvgIpc) is 2.74. The number of hydrogen-bond acceptors (Lipinski definition) is 5. The van der Waals surface area contributed by atoms with Crippen molar-refractivity contribution in [3.8, 4) is 5.69 Å². The second-order valence-electron chi connectivity index (χ2n) is 6.60. The van der Waals surface area contributed by atoms with Crippen LogP contribution in [0.4, 0.5) is 0 Å². The van der Waals surface area contributed by atoms with E-state index in [1.54, 1.807) is 42.5 Å². The molecule has 0 saturated carbocycles. The molecule has 0 aliphatic carbocycles. The number of halogens is 1. The lowest BCUT2D eigenvalue weighted by atomic mass is 10.2. The Morgan fingerprint density at radius 2 is 1.90 bits per heavy atom. The third kappa shape index (κ3) is 4.67. The van der Waals surface area contributed by atoms with E-state index < -0.39 is 22.9 Å². The first-order valence-corrected chi connectivity index (χ1v) is 9.62. The molecule has 0 radical (unpaired) electrons. The molecule has 0 fully saturated rings. The van der Waals surface area contributed by atoms with Crippen molar-refractivity contribution < 1.29 is 9.53 Å². The number of ether oxygens (including phenoxy) is 1. The molecule has 1 amide bonds. The third-order valence-electron chi connectivity index (χ3n) is 4.45. The number of rotatable bonds is 7. The second kappa shape index (κ2) is 9.51. The number of methoxy groups -OCH3 is 1. The van der Waals surface area contributed by atoms with Crippen molar-refractivity contribution in [2.75, 3.05) is 20.3 Å². The van der Waals surface area contributed by atoms with E-state index in [1.807, 2.05) is 13.0 Å². The summed E-state index contributed by atoms with van der Waals surface area (Å²) in [5.74, 6) is -0.689. The van der Waals surface area contributed by atoms with E-state index in [1.165, 1.54) is 7.11 Å². The normalized spacial score (nSPS) is 10.8. The molecule has 2 aromatic carbocycles. The highest BCUT2D eigenvalue weighted by Gasteiger charge is 2.20. The van der Waals surface area contributed by atoms with Gasteiger partial charge in [-0.1, -0.05) is 48.0 Å². The number of nitrogens with one attached hydrogen (secondary N) is 1. The van der Waals surface area contributed by atoms with E-state index in [0.717, 1.165) is 20.4 Å². The third-order valence-corrected chi connectivity index (χ3v) is 4.86. The van der Waals surface area contributed by atoms with Crippen LogP contribution in [0.25, 0.3) is 5.69 Å². The first-order chi connectivity index (χ1) is 14.4. The number of amides is 1. The Balaban J connectivity index is 2.16. The molecule has 0 atom stereocenters. The van der Waals surface area contributed by atoms with Crippen molar-refractivity contribution in [1.82, 2.24) is 19.7 Å². The monoisotopic (exact) mass is 428 g/mol. The summed E-state index contributed by atoms with van der Waals surface area (Å²) in [6.45, 7) is 2.30. The topological polar surface area (TPSA) is 95.2 Å². The first-order valence-electron chi connectivity index (χ1n) is 9.24. The summed E-state index contributed by atoms with van der Waals surface area (Å²) in [6.07, 6.45) is 0. The number of nitrogens with zero attached hydrogens (tertiary/aromatic N) is 3. The molecule has 0 bridgehead atoms. The van der Waals surface area contributed by atoms with Crippen LogP contribution in [0.1, 0.15) is 21.6 Å². The van der Waals surface area contributed by atoms with Crippen molar-refractivity contribution in [2.24, 2.45) is 0 Å². The molecule has 0 spiro atoms. The summed E-state index contributed by atoms with van der Waals surface area (Å²) in [4.78, 5) is 38.6. The van der Waals surface area contributed by atoms with Crippen molar-refractivity contribution in [2.45, 2.75) is 13.5 Å². The second-order valence-corrected chi connectivity index (χ2v) is 7.01. The Bertz CT molecular complexity index is 1170. The van der Waals surface area contributed by atoms with Crippen LogP contribution in [0.3, 0.4) is 0 Å². The van der Waals surface area contributed by atoms with Crippen LogP contribution in [0.15, 0.2) is 58.1 Å². The Morgan fingerprint density at radius 1 is 1.17 bits per heavy atom. The molecule has 9 heteroatoms. The van der Waals surface area contributed by atoms with Gasteiger partial charge in [0.05, 0.1) is 18.8 Å². The predicted octanol–water partition coefficient (Wildman–Crippen LogP) is 1.78. The Labute approximate surface area is 177 Å². The first kappa shape index (κ1) is 21.5. The summed E-state index contributed by atoms with van der Waals surface area (Å²) in [5, 5.41) is 7.06. The fourth-order valence-electron chi connectivity index (χ4n) is 2.79. The zero-order valence-corrected chi connectivity index (χ0v) is 17.3. The van der Waals surface area contributed by atoms with E-state index in [-0.39, 0.29) is 19.7 Å². The summed E-state index contributed by atoms with van der Waals surface area (Å²) in [5.41, 5.74) is 0.0814. The van der Waals surface area contributed by atoms with Crippen molar-refractivity contribution in [3.63, 3.8) is 0 Å². The maximum atomic E-state index is 13.1. The minimum atomic E-state index is -0.770. The molecule has 0 aliphatic rings. The van der Waals surface area contributed by atoms with Gasteiger partial charge >= 0.3 is 5.69 Å². The number of aromatic nitrogens is 3. The van der Waals surface area contributed by atoms with Gasteiger partial charge in [0.1, 0.15) is 0 Å². The largest absolute Gasteiger partial charge is 0.383 e. The SMILES string of the molecule is COCCNC(=O)c1nn(-c2ccc(C)c(Cl)c2)c(=O)n(Cc2ccccc2)c1=O. The molecule has 1 N–H and O–H groups in total. The average molecular weight is 429 g/mol. The van der Waals surface area contributed by atoms with Crippen LogP contribution >= 0.6 is 11.6 Å². The Morgan fingerprint density at radius 3 is 2.57 bits per heavy atom. The number of aryl methyl sites for hydroxylation is 1. The molecular weight excluding hydrogens is 408 g/mol. The molecule has 0 saturated heterocycles. The van der Waals surface area contributed by atoms with Crippen molar-refractivity contribution >= 4 is 17.5 Å². The summed E-state index contributed by atoms with van der Waals surface area (Å²) in [7, 11) is 1.50. The summed E-state index contributed by atoms with van der Waals surface area (Å²) < 4.78 is 6.91. The molecular formula is C21H21ClN4O4. The molecule has 0 aliphatic heterocycles. The summed E-state index contributed by atoms with van der Waals surface area (Å²) in [6, 6.07) is 14.0. The highest BCUT2D eigenvalue weighted by Crippen LogP contribution is 2.18. The van der Waals surface area contributed by atoms with Gasteiger partial charge in [-0.2, -0.15) is 9.78 Å². The van der Waals surface area contributed by atoms with Gasteiger partial charge < -0.3 is 10.1 Å². The zero-order chi connectivity index (χ0) is 21.7. The molecule has 8 nitrogen and oxygen atoms in total. The Hall–Kier alpha value is -3.23. The lowest BCUT2D eigenvalue weighted by Gasteiger charge is -2.13. The van der Waals surface area contributed by atoms with E-state index in [4.69, 9.17) is 16.3 Å². The molecule has 3 rings (SSSR count). The predicted molar refractivity (Wildman–Crippen MR) is 114 cm³/mol. The van der Waals surface area contributed by atoms with Gasteiger partial charge in [-0.15, -0.1) is 0 Å². The Kier molecular flexibility index (Phi) is 6.81. The standard InChI is InChI=1S/C21H21ClN4O4/c1-14-8-9-16(12-17(14)22)26-21(29)25(13-15-6-4-3-5-7-15)20(28)18(24-26)19(27)23-10-11-30-2/h3-9,12H,10-11,13H2,1-2H3,(H,23,27). The number of hydrogen-bond donors (Lipinski definition) is 1. The quantitative estimate of drug-likeness (QED) is 0.579. The van der Waals surface area contributed by atoms with Gasteiger partial charge in [0.15, 0.2) is 0 Å². The van der Waals surface area contributed by atoms with E-state index >= 15 is 0 Å². The minimum Gasteiger partial charge on any atom is -0.383 e. The fraction of sp³-hybridized carbons (Fsp3) is 0.238. The van der Waals surface area contributed by atoms with Crippen LogP contribution in [0, 0.1) is 6.92 Å². The lowest BCUT2D eigenvalue weighted by molar-refractivity contribution is 0.0927. The number of benzene rings is 2. The molecule has 156 valence electrons. The van der Waals surface area contributed by atoms with Crippen LogP contribution in [0.2, 0.25) is 5.02 Å². The van der Waals surface area contributed by atoms with E-state index in [2.05, 4.69) is 10.4 Å². The molecule has 1 heterocycles. The van der Waals surface area contributed by atoms with Gasteiger partial charge in [0.25, 0.3) is 11.5 Å². The smallest absolute Gasteiger partial charge is 0.352 e. The zero-order valence-electron chi connectivity index (χ0n) is 16.6. The lowest BCUT2D eigenvalue weighted by Crippen LogP contribution is -2.46. The highest BCUT2D eigenvalue weighted by molar-refractivity contribution is 6.31. The summed E-state index contributed by atoms with van der Waals surface area (Å²) >= 11 is 6.20. The van der Waals surface area contributed by atoms with Gasteiger partial charge in [0, 0.05) is 18.7 Å². The highest BCUT2D eigenvalue weighted by atomic mass is 35.5. The van der Waals surface area contributed by atoms with E-state index in [9.17, 15) is 14.4 Å². The van der Waals surface area contributed by atoms with Crippen LogP contribution in [-0.4, -0.2) is 40.5 Å². The van der Waals surface area contributed by atoms with Crippen molar-refractivity contribution in [3.05, 3.63) is 91.2 Å². The maximum absolute atomic E-state index is 13.1. The minimum absolute atomic E-state index is 0.00102. The molecule has 3 aromatic rings. The number of carbonyl (C=O) groups excluding carboxylic acids is 1. The van der Waals surface area contributed by atoms with Gasteiger partial charge in [-0.25, -0.2) is 4.79 Å².